The van der Waals surface area contributed by atoms with E-state index in [1.54, 1.807) is 24.8 Å². The molecular weight excluding hydrogens is 416 g/mol. The summed E-state index contributed by atoms with van der Waals surface area (Å²) in [4.78, 5) is 34.9. The predicted molar refractivity (Wildman–Crippen MR) is 127 cm³/mol. The molecule has 0 N–H and O–H groups in total. The van der Waals surface area contributed by atoms with Gasteiger partial charge in [-0.1, -0.05) is 0 Å². The van der Waals surface area contributed by atoms with E-state index in [2.05, 4.69) is 14.9 Å². The number of anilines is 1. The van der Waals surface area contributed by atoms with Gasteiger partial charge in [-0.3, -0.25) is 9.97 Å². The van der Waals surface area contributed by atoms with Crippen molar-refractivity contribution in [2.45, 2.75) is 45.6 Å². The summed E-state index contributed by atoms with van der Waals surface area (Å²) in [6.07, 6.45) is 9.98. The van der Waals surface area contributed by atoms with Crippen molar-refractivity contribution in [1.29, 1.82) is 0 Å². The van der Waals surface area contributed by atoms with Crippen LogP contribution in [0.2, 0.25) is 0 Å². The van der Waals surface area contributed by atoms with Crippen LogP contribution in [0.15, 0.2) is 43.0 Å². The van der Waals surface area contributed by atoms with Crippen molar-refractivity contribution in [3.8, 4) is 11.4 Å². The summed E-state index contributed by atoms with van der Waals surface area (Å²) in [7, 11) is 0. The van der Waals surface area contributed by atoms with Crippen molar-refractivity contribution in [2.24, 2.45) is 5.41 Å². The second-order valence-electron chi connectivity index (χ2n) is 10.1. The van der Waals surface area contributed by atoms with Gasteiger partial charge < -0.3 is 14.5 Å². The molecule has 2 aliphatic heterocycles. The van der Waals surface area contributed by atoms with Crippen molar-refractivity contribution in [3.05, 3.63) is 43.0 Å². The SMILES string of the molecule is CC(C)(C)OC(=O)N1CCC2(CCN(c3nc(-c4ccncc4)nc4cnccc34)CC2)C1. The topological polar surface area (TPSA) is 84.3 Å². The molecule has 8 heteroatoms. The Balaban J connectivity index is 1.35. The average molecular weight is 447 g/mol. The molecule has 2 fully saturated rings. The van der Waals surface area contributed by atoms with Gasteiger partial charge in [0.25, 0.3) is 0 Å². The van der Waals surface area contributed by atoms with Gasteiger partial charge in [0.05, 0.1) is 11.7 Å². The average Bonchev–Trinajstić information content (AvgIpc) is 3.22. The molecule has 172 valence electrons. The Bertz CT molecular complexity index is 1150. The number of rotatable bonds is 2. The molecule has 2 aliphatic rings. The molecule has 0 atom stereocenters. The van der Waals surface area contributed by atoms with Crippen LogP contribution in [-0.4, -0.2) is 62.7 Å². The molecule has 33 heavy (non-hydrogen) atoms. The maximum atomic E-state index is 12.6. The minimum absolute atomic E-state index is 0.158. The van der Waals surface area contributed by atoms with E-state index in [-0.39, 0.29) is 11.5 Å². The number of aromatic nitrogens is 4. The van der Waals surface area contributed by atoms with Crippen LogP contribution in [0.25, 0.3) is 22.3 Å². The Morgan fingerprint density at radius 3 is 2.39 bits per heavy atom. The number of hydrogen-bond donors (Lipinski definition) is 0. The fourth-order valence-corrected chi connectivity index (χ4v) is 4.85. The van der Waals surface area contributed by atoms with Crippen LogP contribution in [-0.2, 0) is 4.74 Å². The third-order valence-electron chi connectivity index (χ3n) is 6.63. The molecule has 0 aromatic carbocycles. The number of likely N-dealkylation sites (tertiary alicyclic amines) is 1. The zero-order valence-electron chi connectivity index (χ0n) is 19.5. The van der Waals surface area contributed by atoms with Crippen LogP contribution in [0.5, 0.6) is 0 Å². The molecule has 0 aliphatic carbocycles. The molecule has 2 saturated heterocycles. The fraction of sp³-hybridized carbons (Fsp3) is 0.480. The van der Waals surface area contributed by atoms with Crippen molar-refractivity contribution in [1.82, 2.24) is 24.8 Å². The first-order valence-electron chi connectivity index (χ1n) is 11.6. The van der Waals surface area contributed by atoms with Crippen LogP contribution in [0.3, 0.4) is 0 Å². The maximum Gasteiger partial charge on any atom is 0.410 e. The lowest BCUT2D eigenvalue weighted by molar-refractivity contribution is 0.0266. The van der Waals surface area contributed by atoms with Gasteiger partial charge in [-0.15, -0.1) is 0 Å². The number of amides is 1. The van der Waals surface area contributed by atoms with E-state index in [1.165, 1.54) is 0 Å². The Morgan fingerprint density at radius 2 is 1.67 bits per heavy atom. The highest BCUT2D eigenvalue weighted by atomic mass is 16.6. The molecule has 0 saturated carbocycles. The minimum Gasteiger partial charge on any atom is -0.444 e. The summed E-state index contributed by atoms with van der Waals surface area (Å²) in [5, 5.41) is 1.01. The van der Waals surface area contributed by atoms with Crippen molar-refractivity contribution >= 4 is 22.8 Å². The van der Waals surface area contributed by atoms with E-state index < -0.39 is 5.60 Å². The lowest BCUT2D eigenvalue weighted by atomic mass is 9.78. The van der Waals surface area contributed by atoms with E-state index in [4.69, 9.17) is 14.7 Å². The molecule has 3 aromatic heterocycles. The molecule has 3 aromatic rings. The summed E-state index contributed by atoms with van der Waals surface area (Å²) < 4.78 is 5.60. The number of carbonyl (C=O) groups excluding carboxylic acids is 1. The number of hydrogen-bond acceptors (Lipinski definition) is 7. The van der Waals surface area contributed by atoms with Gasteiger partial charge in [-0.2, -0.15) is 0 Å². The number of ether oxygens (including phenoxy) is 1. The molecule has 0 unspecified atom stereocenters. The van der Waals surface area contributed by atoms with Gasteiger partial charge in [-0.05, 0) is 63.6 Å². The zero-order valence-corrected chi connectivity index (χ0v) is 19.5. The molecule has 0 radical (unpaired) electrons. The summed E-state index contributed by atoms with van der Waals surface area (Å²) in [5.41, 5.74) is 1.47. The standard InChI is InChI=1S/C25H30N6O2/c1-24(2,3)33-23(32)31-15-9-25(17-31)7-13-30(14-8-25)22-19-6-12-27-16-20(19)28-21(29-22)18-4-10-26-11-5-18/h4-6,10-12,16H,7-9,13-15,17H2,1-3H3. The van der Waals surface area contributed by atoms with Crippen LogP contribution in [0, 0.1) is 5.41 Å². The molecule has 1 amide bonds. The largest absolute Gasteiger partial charge is 0.444 e. The Morgan fingerprint density at radius 1 is 0.970 bits per heavy atom. The highest BCUT2D eigenvalue weighted by Crippen LogP contribution is 2.42. The quantitative estimate of drug-likeness (QED) is 0.580. The lowest BCUT2D eigenvalue weighted by Crippen LogP contribution is -2.43. The second-order valence-corrected chi connectivity index (χ2v) is 10.1. The Kier molecular flexibility index (Phi) is 5.38. The number of pyridine rings is 2. The second kappa shape index (κ2) is 8.24. The smallest absolute Gasteiger partial charge is 0.410 e. The summed E-state index contributed by atoms with van der Waals surface area (Å²) in [6.45, 7) is 9.07. The Labute approximate surface area is 194 Å². The summed E-state index contributed by atoms with van der Waals surface area (Å²) in [5.74, 6) is 1.64. The molecule has 0 bridgehead atoms. The first-order valence-corrected chi connectivity index (χ1v) is 11.6. The predicted octanol–water partition coefficient (Wildman–Crippen LogP) is 4.31. The maximum absolute atomic E-state index is 12.6. The van der Waals surface area contributed by atoms with Gasteiger partial charge in [-0.25, -0.2) is 14.8 Å². The van der Waals surface area contributed by atoms with Crippen molar-refractivity contribution in [2.75, 3.05) is 31.1 Å². The first-order chi connectivity index (χ1) is 15.8. The number of piperidine rings is 1. The zero-order chi connectivity index (χ0) is 23.1. The van der Waals surface area contributed by atoms with E-state index >= 15 is 0 Å². The van der Waals surface area contributed by atoms with Gasteiger partial charge in [0, 0.05) is 55.7 Å². The Hall–Kier alpha value is -3.29. The lowest BCUT2D eigenvalue weighted by Gasteiger charge is -2.40. The third-order valence-corrected chi connectivity index (χ3v) is 6.63. The fourth-order valence-electron chi connectivity index (χ4n) is 4.85. The van der Waals surface area contributed by atoms with Crippen LogP contribution in [0.1, 0.15) is 40.0 Å². The molecule has 8 nitrogen and oxygen atoms in total. The number of fused-ring (bicyclic) bond motifs is 1. The van der Waals surface area contributed by atoms with E-state index in [9.17, 15) is 4.79 Å². The van der Waals surface area contributed by atoms with Crippen LogP contribution in [0.4, 0.5) is 10.6 Å². The normalized spacial score (nSPS) is 18.2. The molecule has 5 heterocycles. The van der Waals surface area contributed by atoms with Gasteiger partial charge in [0.2, 0.25) is 0 Å². The highest BCUT2D eigenvalue weighted by Gasteiger charge is 2.43. The number of carbonyl (C=O) groups is 1. The first kappa shape index (κ1) is 21.6. The van der Waals surface area contributed by atoms with E-state index in [1.807, 2.05) is 43.9 Å². The van der Waals surface area contributed by atoms with Gasteiger partial charge >= 0.3 is 6.09 Å². The molecule has 5 rings (SSSR count). The molecular formula is C25H30N6O2. The van der Waals surface area contributed by atoms with Crippen LogP contribution >= 0.6 is 0 Å². The van der Waals surface area contributed by atoms with Crippen LogP contribution < -0.4 is 4.90 Å². The minimum atomic E-state index is -0.467. The molecule has 1 spiro atoms. The summed E-state index contributed by atoms with van der Waals surface area (Å²) in [6, 6.07) is 5.85. The highest BCUT2D eigenvalue weighted by molar-refractivity contribution is 5.90. The van der Waals surface area contributed by atoms with Gasteiger partial charge in [0.1, 0.15) is 11.4 Å². The van der Waals surface area contributed by atoms with Gasteiger partial charge in [0.15, 0.2) is 5.82 Å². The third kappa shape index (κ3) is 4.47. The van der Waals surface area contributed by atoms with E-state index in [0.29, 0.717) is 5.82 Å². The summed E-state index contributed by atoms with van der Waals surface area (Å²) >= 11 is 0. The monoisotopic (exact) mass is 446 g/mol. The van der Waals surface area contributed by atoms with E-state index in [0.717, 1.165) is 67.7 Å². The van der Waals surface area contributed by atoms with Crippen molar-refractivity contribution in [3.63, 3.8) is 0 Å². The number of nitrogens with zero attached hydrogens (tertiary/aromatic N) is 6. The van der Waals surface area contributed by atoms with Crippen molar-refractivity contribution < 1.29 is 9.53 Å².